The minimum Gasteiger partial charge on any atom is -0.493 e. The maximum absolute atomic E-state index is 12.4. The molecule has 2 aromatic rings. The van der Waals surface area contributed by atoms with Crippen molar-refractivity contribution in [3.8, 4) is 17.2 Å². The van der Waals surface area contributed by atoms with Crippen molar-refractivity contribution in [2.24, 2.45) is 0 Å². The van der Waals surface area contributed by atoms with E-state index in [0.29, 0.717) is 28.5 Å². The maximum atomic E-state index is 12.4. The van der Waals surface area contributed by atoms with Crippen LogP contribution in [0.25, 0.3) is 0 Å². The van der Waals surface area contributed by atoms with Crippen molar-refractivity contribution in [2.45, 2.75) is 26.4 Å². The van der Waals surface area contributed by atoms with Gasteiger partial charge in [-0.25, -0.2) is 0 Å². The second-order valence-electron chi connectivity index (χ2n) is 5.84. The van der Waals surface area contributed by atoms with Crippen LogP contribution in [-0.4, -0.2) is 31.3 Å². The summed E-state index contributed by atoms with van der Waals surface area (Å²) in [7, 11) is 3.12. The lowest BCUT2D eigenvalue weighted by molar-refractivity contribution is 0.0977. The smallest absolute Gasteiger partial charge is 0.257 e. The van der Waals surface area contributed by atoms with Gasteiger partial charge in [-0.15, -0.1) is 0 Å². The summed E-state index contributed by atoms with van der Waals surface area (Å²) >= 11 is 5.23. The number of thiocarbonyl (C=S) groups is 1. The van der Waals surface area contributed by atoms with Crippen LogP contribution in [0, 0.1) is 0 Å². The highest BCUT2D eigenvalue weighted by Crippen LogP contribution is 2.29. The first-order valence-electron chi connectivity index (χ1n) is 8.57. The summed E-state index contributed by atoms with van der Waals surface area (Å²) in [5, 5.41) is 5.80. The Balaban J connectivity index is 2.01. The number of carbonyl (C=O) groups excluding carboxylic acids is 1. The van der Waals surface area contributed by atoms with Crippen molar-refractivity contribution in [3.63, 3.8) is 0 Å². The Kier molecular flexibility index (Phi) is 7.43. The quantitative estimate of drug-likeness (QED) is 0.699. The van der Waals surface area contributed by atoms with Crippen molar-refractivity contribution >= 4 is 28.9 Å². The van der Waals surface area contributed by atoms with Crippen molar-refractivity contribution in [3.05, 3.63) is 48.0 Å². The first-order valence-corrected chi connectivity index (χ1v) is 8.98. The van der Waals surface area contributed by atoms with Crippen LogP contribution in [-0.2, 0) is 0 Å². The predicted molar refractivity (Wildman–Crippen MR) is 110 cm³/mol. The van der Waals surface area contributed by atoms with Gasteiger partial charge in [0.15, 0.2) is 16.6 Å². The normalized spacial score (nSPS) is 11.3. The molecular weight excluding hydrogens is 364 g/mol. The van der Waals surface area contributed by atoms with Crippen molar-refractivity contribution in [2.75, 3.05) is 19.5 Å². The number of hydrogen-bond acceptors (Lipinski definition) is 5. The van der Waals surface area contributed by atoms with Gasteiger partial charge in [-0.3, -0.25) is 10.1 Å². The zero-order valence-electron chi connectivity index (χ0n) is 15.9. The SMILES string of the molecule is CCC(C)Oc1cccc(C(=O)NC(=S)Nc2ccc(OC)c(OC)c2)c1. The van der Waals surface area contributed by atoms with E-state index in [-0.39, 0.29) is 17.1 Å². The Bertz CT molecular complexity index is 810. The van der Waals surface area contributed by atoms with Crippen LogP contribution in [0.1, 0.15) is 30.6 Å². The van der Waals surface area contributed by atoms with E-state index in [1.807, 2.05) is 19.9 Å². The molecular formula is C20H24N2O4S. The standard InChI is InChI=1S/C20H24N2O4S/c1-5-13(2)26-16-8-6-7-14(11-16)19(23)22-20(27)21-15-9-10-17(24-3)18(12-15)25-4/h6-13H,5H2,1-4H3,(H2,21,22,23,27). The number of anilines is 1. The fourth-order valence-corrected chi connectivity index (χ4v) is 2.49. The summed E-state index contributed by atoms with van der Waals surface area (Å²) in [6, 6.07) is 12.3. The third-order valence-electron chi connectivity index (χ3n) is 3.88. The summed E-state index contributed by atoms with van der Waals surface area (Å²) in [4.78, 5) is 12.4. The fraction of sp³-hybridized carbons (Fsp3) is 0.300. The number of nitrogens with one attached hydrogen (secondary N) is 2. The van der Waals surface area contributed by atoms with E-state index < -0.39 is 0 Å². The van der Waals surface area contributed by atoms with E-state index in [0.717, 1.165) is 6.42 Å². The average molecular weight is 388 g/mol. The van der Waals surface area contributed by atoms with Crippen molar-refractivity contribution in [1.82, 2.24) is 5.32 Å². The maximum Gasteiger partial charge on any atom is 0.257 e. The summed E-state index contributed by atoms with van der Waals surface area (Å²) in [5.74, 6) is 1.50. The minimum absolute atomic E-state index is 0.0797. The number of benzene rings is 2. The Morgan fingerprint density at radius 1 is 1.11 bits per heavy atom. The molecule has 2 aromatic carbocycles. The largest absolute Gasteiger partial charge is 0.493 e. The highest BCUT2D eigenvalue weighted by molar-refractivity contribution is 7.80. The number of amides is 1. The van der Waals surface area contributed by atoms with Crippen LogP contribution in [0.4, 0.5) is 5.69 Å². The molecule has 0 fully saturated rings. The van der Waals surface area contributed by atoms with Crippen LogP contribution >= 0.6 is 12.2 Å². The summed E-state index contributed by atoms with van der Waals surface area (Å²) in [6.45, 7) is 4.02. The van der Waals surface area contributed by atoms with Crippen LogP contribution in [0.2, 0.25) is 0 Å². The molecule has 7 heteroatoms. The third-order valence-corrected chi connectivity index (χ3v) is 4.08. The molecule has 0 aliphatic heterocycles. The lowest BCUT2D eigenvalue weighted by Crippen LogP contribution is -2.34. The number of rotatable bonds is 7. The molecule has 2 N–H and O–H groups in total. The molecule has 0 heterocycles. The number of methoxy groups -OCH3 is 2. The zero-order chi connectivity index (χ0) is 19.8. The van der Waals surface area contributed by atoms with Gasteiger partial charge >= 0.3 is 0 Å². The molecule has 6 nitrogen and oxygen atoms in total. The van der Waals surface area contributed by atoms with E-state index in [2.05, 4.69) is 10.6 Å². The first-order chi connectivity index (χ1) is 13.0. The molecule has 0 bridgehead atoms. The molecule has 1 amide bonds. The minimum atomic E-state index is -0.317. The van der Waals surface area contributed by atoms with Crippen LogP contribution in [0.3, 0.4) is 0 Å². The molecule has 0 saturated heterocycles. The Labute approximate surface area is 164 Å². The summed E-state index contributed by atoms with van der Waals surface area (Å²) in [6.07, 6.45) is 0.964. The van der Waals surface area contributed by atoms with Gasteiger partial charge in [-0.2, -0.15) is 0 Å². The lowest BCUT2D eigenvalue weighted by atomic mass is 10.2. The average Bonchev–Trinajstić information content (AvgIpc) is 2.67. The molecule has 1 atom stereocenters. The van der Waals surface area contributed by atoms with Gasteiger partial charge < -0.3 is 19.5 Å². The molecule has 1 unspecified atom stereocenters. The summed E-state index contributed by atoms with van der Waals surface area (Å²) in [5.41, 5.74) is 1.14. The van der Waals surface area contributed by atoms with Gasteiger partial charge in [-0.1, -0.05) is 13.0 Å². The number of hydrogen-bond donors (Lipinski definition) is 2. The molecule has 2 rings (SSSR count). The Morgan fingerprint density at radius 2 is 1.85 bits per heavy atom. The number of ether oxygens (including phenoxy) is 3. The lowest BCUT2D eigenvalue weighted by Gasteiger charge is -2.14. The van der Waals surface area contributed by atoms with Crippen LogP contribution in [0.15, 0.2) is 42.5 Å². The number of carbonyl (C=O) groups is 1. The van der Waals surface area contributed by atoms with Gasteiger partial charge in [0.25, 0.3) is 5.91 Å². The van der Waals surface area contributed by atoms with E-state index in [1.165, 1.54) is 0 Å². The summed E-state index contributed by atoms with van der Waals surface area (Å²) < 4.78 is 16.2. The van der Waals surface area contributed by atoms with Gasteiger partial charge in [0, 0.05) is 17.3 Å². The molecule has 0 aromatic heterocycles. The Morgan fingerprint density at radius 3 is 2.52 bits per heavy atom. The second-order valence-corrected chi connectivity index (χ2v) is 6.25. The van der Waals surface area contributed by atoms with E-state index in [1.54, 1.807) is 50.6 Å². The first kappa shape index (κ1) is 20.5. The van der Waals surface area contributed by atoms with Crippen LogP contribution in [0.5, 0.6) is 17.2 Å². The molecule has 0 aliphatic rings. The fourth-order valence-electron chi connectivity index (χ4n) is 2.28. The second kappa shape index (κ2) is 9.78. The third kappa shape index (κ3) is 5.86. The topological polar surface area (TPSA) is 68.8 Å². The van der Waals surface area contributed by atoms with Crippen LogP contribution < -0.4 is 24.8 Å². The molecule has 0 spiro atoms. The van der Waals surface area contributed by atoms with Gasteiger partial charge in [0.1, 0.15) is 5.75 Å². The molecule has 144 valence electrons. The van der Waals surface area contributed by atoms with Crippen molar-refractivity contribution in [1.29, 1.82) is 0 Å². The Hall–Kier alpha value is -2.80. The molecule has 27 heavy (non-hydrogen) atoms. The molecule has 0 radical (unpaired) electrons. The highest BCUT2D eigenvalue weighted by Gasteiger charge is 2.11. The zero-order valence-corrected chi connectivity index (χ0v) is 16.7. The van der Waals surface area contributed by atoms with E-state index in [4.69, 9.17) is 26.4 Å². The van der Waals surface area contributed by atoms with E-state index >= 15 is 0 Å². The van der Waals surface area contributed by atoms with Gasteiger partial charge in [0.2, 0.25) is 0 Å². The highest BCUT2D eigenvalue weighted by atomic mass is 32.1. The molecule has 0 saturated carbocycles. The van der Waals surface area contributed by atoms with Gasteiger partial charge in [0.05, 0.1) is 20.3 Å². The van der Waals surface area contributed by atoms with E-state index in [9.17, 15) is 4.79 Å². The monoisotopic (exact) mass is 388 g/mol. The van der Waals surface area contributed by atoms with Gasteiger partial charge in [-0.05, 0) is 55.9 Å². The molecule has 0 aliphatic carbocycles. The van der Waals surface area contributed by atoms with Crippen molar-refractivity contribution < 1.29 is 19.0 Å². The predicted octanol–water partition coefficient (Wildman–Crippen LogP) is 4.01.